The Bertz CT molecular complexity index is 571. The fraction of sp³-hybridized carbons (Fsp3) is 0.826. The van der Waals surface area contributed by atoms with Crippen LogP contribution in [0.1, 0.15) is 84.5 Å². The SMILES string of the molecule is CCCC(C(=O)NCCCCCCNC(=N)N)C(CC)C(=O)NCCCCCCNC(=N)N. The molecule has 0 saturated carbocycles. The number of carbonyl (C=O) groups excluding carboxylic acids is 2. The van der Waals surface area contributed by atoms with Gasteiger partial charge in [-0.25, -0.2) is 0 Å². The summed E-state index contributed by atoms with van der Waals surface area (Å²) in [4.78, 5) is 25.6. The second kappa shape index (κ2) is 20.1. The third-order valence-electron chi connectivity index (χ3n) is 5.64. The van der Waals surface area contributed by atoms with Crippen LogP contribution < -0.4 is 32.7 Å². The Morgan fingerprint density at radius 1 is 0.636 bits per heavy atom. The molecule has 10 heteroatoms. The molecule has 0 heterocycles. The van der Waals surface area contributed by atoms with Gasteiger partial charge >= 0.3 is 0 Å². The molecule has 0 saturated heterocycles. The summed E-state index contributed by atoms with van der Waals surface area (Å²) in [5, 5.41) is 25.8. The second-order valence-electron chi connectivity index (χ2n) is 8.50. The molecule has 0 aromatic carbocycles. The van der Waals surface area contributed by atoms with Gasteiger partial charge in [0.05, 0.1) is 0 Å². The van der Waals surface area contributed by atoms with Gasteiger partial charge in [-0.15, -0.1) is 0 Å². The maximum atomic E-state index is 12.8. The van der Waals surface area contributed by atoms with Crippen LogP contribution in [0.5, 0.6) is 0 Å². The lowest BCUT2D eigenvalue weighted by Gasteiger charge is -2.24. The van der Waals surface area contributed by atoms with E-state index in [0.29, 0.717) is 39.0 Å². The van der Waals surface area contributed by atoms with Crippen LogP contribution in [0.25, 0.3) is 0 Å². The molecule has 0 aliphatic carbocycles. The maximum absolute atomic E-state index is 12.8. The van der Waals surface area contributed by atoms with Crippen LogP contribution in [0.4, 0.5) is 0 Å². The van der Waals surface area contributed by atoms with Gasteiger partial charge in [0.25, 0.3) is 0 Å². The number of unbranched alkanes of at least 4 members (excludes halogenated alkanes) is 6. The van der Waals surface area contributed by atoms with E-state index in [0.717, 1.165) is 57.8 Å². The third-order valence-corrected chi connectivity index (χ3v) is 5.64. The van der Waals surface area contributed by atoms with Crippen molar-refractivity contribution < 1.29 is 9.59 Å². The van der Waals surface area contributed by atoms with Crippen molar-refractivity contribution in [3.05, 3.63) is 0 Å². The number of amides is 2. The van der Waals surface area contributed by atoms with Crippen LogP contribution in [0, 0.1) is 22.7 Å². The molecule has 0 bridgehead atoms. The molecule has 0 spiro atoms. The van der Waals surface area contributed by atoms with E-state index in [9.17, 15) is 9.59 Å². The van der Waals surface area contributed by atoms with Crippen molar-refractivity contribution >= 4 is 23.7 Å². The Labute approximate surface area is 199 Å². The molecule has 0 aromatic rings. The van der Waals surface area contributed by atoms with Gasteiger partial charge in [0, 0.05) is 38.0 Å². The highest BCUT2D eigenvalue weighted by Gasteiger charge is 2.31. The average molecular weight is 469 g/mol. The first-order chi connectivity index (χ1) is 15.8. The van der Waals surface area contributed by atoms with Crippen molar-refractivity contribution in [1.29, 1.82) is 10.8 Å². The van der Waals surface area contributed by atoms with Crippen LogP contribution in [-0.4, -0.2) is 49.9 Å². The molecule has 2 amide bonds. The number of rotatable bonds is 20. The van der Waals surface area contributed by atoms with E-state index >= 15 is 0 Å². The number of hydrogen-bond acceptors (Lipinski definition) is 4. The summed E-state index contributed by atoms with van der Waals surface area (Å²) in [5.41, 5.74) is 10.5. The van der Waals surface area contributed by atoms with Gasteiger partial charge < -0.3 is 32.7 Å². The fourth-order valence-corrected chi connectivity index (χ4v) is 3.82. The predicted molar refractivity (Wildman–Crippen MR) is 135 cm³/mol. The van der Waals surface area contributed by atoms with Crippen molar-refractivity contribution in [1.82, 2.24) is 21.3 Å². The Kier molecular flexibility index (Phi) is 18.6. The predicted octanol–water partition coefficient (Wildman–Crippen LogP) is 1.75. The molecule has 10 N–H and O–H groups in total. The smallest absolute Gasteiger partial charge is 0.223 e. The normalized spacial score (nSPS) is 12.4. The molecule has 0 fully saturated rings. The summed E-state index contributed by atoms with van der Waals surface area (Å²) in [5.74, 6) is -0.646. The lowest BCUT2D eigenvalue weighted by molar-refractivity contribution is -0.135. The monoisotopic (exact) mass is 468 g/mol. The van der Waals surface area contributed by atoms with Gasteiger partial charge in [-0.05, 0) is 38.5 Å². The molecule has 0 aliphatic heterocycles. The minimum atomic E-state index is -0.303. The molecule has 2 unspecified atom stereocenters. The van der Waals surface area contributed by atoms with Crippen molar-refractivity contribution in [3.8, 4) is 0 Å². The van der Waals surface area contributed by atoms with E-state index in [1.54, 1.807) is 0 Å². The number of carbonyl (C=O) groups is 2. The van der Waals surface area contributed by atoms with Crippen molar-refractivity contribution in [2.45, 2.75) is 84.5 Å². The third kappa shape index (κ3) is 16.7. The van der Waals surface area contributed by atoms with Gasteiger partial charge in [-0.2, -0.15) is 0 Å². The van der Waals surface area contributed by atoms with Gasteiger partial charge in [0.15, 0.2) is 11.9 Å². The van der Waals surface area contributed by atoms with Gasteiger partial charge in [0.2, 0.25) is 11.8 Å². The van der Waals surface area contributed by atoms with E-state index in [2.05, 4.69) is 21.3 Å². The molecule has 0 radical (unpaired) electrons. The zero-order valence-electron chi connectivity index (χ0n) is 20.7. The standard InChI is InChI=1S/C23H48N8O2/c1-3-13-19(21(33)29-15-10-6-8-12-17-31-23(26)27)18(4-2)20(32)28-14-9-5-7-11-16-30-22(24)25/h18-19H,3-17H2,1-2H3,(H,28,32)(H,29,33)(H4,24,25,30)(H4,26,27,31). The first-order valence-electron chi connectivity index (χ1n) is 12.5. The molecule has 0 aliphatic rings. The highest BCUT2D eigenvalue weighted by molar-refractivity contribution is 5.87. The lowest BCUT2D eigenvalue weighted by atomic mass is 9.85. The van der Waals surface area contributed by atoms with E-state index in [-0.39, 0.29) is 35.6 Å². The topological polar surface area (TPSA) is 182 Å². The lowest BCUT2D eigenvalue weighted by Crippen LogP contribution is -2.42. The molecular weight excluding hydrogens is 420 g/mol. The van der Waals surface area contributed by atoms with E-state index in [1.807, 2.05) is 13.8 Å². The molecule has 192 valence electrons. The van der Waals surface area contributed by atoms with E-state index < -0.39 is 0 Å². The van der Waals surface area contributed by atoms with E-state index in [1.165, 1.54) is 0 Å². The minimum absolute atomic E-state index is 0.00237. The summed E-state index contributed by atoms with van der Waals surface area (Å²) in [6.07, 6.45) is 9.92. The summed E-state index contributed by atoms with van der Waals surface area (Å²) in [6.45, 7) is 6.65. The Balaban J connectivity index is 4.23. The molecule has 2 atom stereocenters. The molecule has 0 aromatic heterocycles. The summed E-state index contributed by atoms with van der Waals surface area (Å²) >= 11 is 0. The van der Waals surface area contributed by atoms with Crippen LogP contribution >= 0.6 is 0 Å². The Morgan fingerprint density at radius 3 is 1.33 bits per heavy atom. The van der Waals surface area contributed by atoms with E-state index in [4.69, 9.17) is 22.3 Å². The summed E-state index contributed by atoms with van der Waals surface area (Å²) in [6, 6.07) is 0. The number of nitrogens with two attached hydrogens (primary N) is 2. The summed E-state index contributed by atoms with van der Waals surface area (Å²) < 4.78 is 0. The molecule has 0 rings (SSSR count). The van der Waals surface area contributed by atoms with Gasteiger partial charge in [-0.3, -0.25) is 20.4 Å². The van der Waals surface area contributed by atoms with Crippen LogP contribution in [0.15, 0.2) is 0 Å². The summed E-state index contributed by atoms with van der Waals surface area (Å²) in [7, 11) is 0. The minimum Gasteiger partial charge on any atom is -0.370 e. The fourth-order valence-electron chi connectivity index (χ4n) is 3.82. The molecular formula is C23H48N8O2. The van der Waals surface area contributed by atoms with Crippen LogP contribution in [0.3, 0.4) is 0 Å². The Hall–Kier alpha value is -2.52. The highest BCUT2D eigenvalue weighted by atomic mass is 16.2. The first-order valence-corrected chi connectivity index (χ1v) is 12.5. The second-order valence-corrected chi connectivity index (χ2v) is 8.50. The van der Waals surface area contributed by atoms with Crippen molar-refractivity contribution in [2.24, 2.45) is 23.3 Å². The number of guanidine groups is 2. The largest absolute Gasteiger partial charge is 0.370 e. The number of hydrogen-bond donors (Lipinski definition) is 8. The van der Waals surface area contributed by atoms with Crippen molar-refractivity contribution in [3.63, 3.8) is 0 Å². The average Bonchev–Trinajstić information content (AvgIpc) is 2.76. The van der Waals surface area contributed by atoms with Crippen LogP contribution in [0.2, 0.25) is 0 Å². The van der Waals surface area contributed by atoms with Crippen LogP contribution in [-0.2, 0) is 9.59 Å². The van der Waals surface area contributed by atoms with Crippen molar-refractivity contribution in [2.75, 3.05) is 26.2 Å². The highest BCUT2D eigenvalue weighted by Crippen LogP contribution is 2.22. The first kappa shape index (κ1) is 30.5. The Morgan fingerprint density at radius 2 is 1.00 bits per heavy atom. The zero-order valence-corrected chi connectivity index (χ0v) is 20.7. The van der Waals surface area contributed by atoms with Gasteiger partial charge in [-0.1, -0.05) is 46.0 Å². The molecule has 10 nitrogen and oxygen atoms in total. The maximum Gasteiger partial charge on any atom is 0.223 e. The van der Waals surface area contributed by atoms with Gasteiger partial charge in [0.1, 0.15) is 0 Å². The quantitative estimate of drug-likeness (QED) is 0.0764. The molecule has 33 heavy (non-hydrogen) atoms. The number of nitrogens with one attached hydrogen (secondary N) is 6. The zero-order chi connectivity index (χ0) is 24.9.